The Hall–Kier alpha value is -2.94. The van der Waals surface area contributed by atoms with Crippen LogP contribution in [0.2, 0.25) is 0 Å². The Labute approximate surface area is 200 Å². The number of nitrogens with zero attached hydrogens (tertiary/aromatic N) is 5. The summed E-state index contributed by atoms with van der Waals surface area (Å²) in [4.78, 5) is 3.05. The third-order valence-electron chi connectivity index (χ3n) is 5.66. The summed E-state index contributed by atoms with van der Waals surface area (Å²) in [7, 11) is 0. The van der Waals surface area contributed by atoms with E-state index in [4.69, 9.17) is 0 Å². The lowest BCUT2D eigenvalue weighted by molar-refractivity contribution is -0.142. The van der Waals surface area contributed by atoms with E-state index in [0.717, 1.165) is 54.2 Å². The van der Waals surface area contributed by atoms with Crippen molar-refractivity contribution in [1.82, 2.24) is 19.8 Å². The predicted molar refractivity (Wildman–Crippen MR) is 131 cm³/mol. The zero-order valence-electron chi connectivity index (χ0n) is 19.6. The fourth-order valence-corrected chi connectivity index (χ4v) is 4.87. The van der Waals surface area contributed by atoms with Crippen LogP contribution in [0, 0.1) is 6.92 Å². The van der Waals surface area contributed by atoms with Crippen molar-refractivity contribution in [2.75, 3.05) is 18.0 Å². The minimum Gasteiger partial charge on any atom is -0.363 e. The van der Waals surface area contributed by atoms with Crippen LogP contribution in [0.25, 0.3) is 23.1 Å². The highest BCUT2D eigenvalue weighted by Crippen LogP contribution is 2.30. The Morgan fingerprint density at radius 2 is 1.76 bits per heavy atom. The molecule has 0 bridgehead atoms. The highest BCUT2D eigenvalue weighted by Gasteiger charge is 2.37. The Kier molecular flexibility index (Phi) is 7.21. The van der Waals surface area contributed by atoms with Crippen LogP contribution in [0.3, 0.4) is 0 Å². The number of hydrogen-bond acceptors (Lipinski definition) is 5. The normalized spacial score (nSPS) is 12.7. The van der Waals surface area contributed by atoms with Gasteiger partial charge in [-0.2, -0.15) is 22.8 Å². The standard InChI is InChI=1S/C25H28F3N5S/c1-4-6-13-32(14-7-5-2)21-12-11-19(34-21)16-20-22(25(26,27)28)31-33-23(29-30-24(20)33)18-10-8-9-17(3)15-18/h8-12,15-16H,4-7,13-14H2,1-3H3. The summed E-state index contributed by atoms with van der Waals surface area (Å²) in [6.07, 6.45) is 1.27. The van der Waals surface area contributed by atoms with Crippen molar-refractivity contribution in [2.45, 2.75) is 52.6 Å². The van der Waals surface area contributed by atoms with E-state index < -0.39 is 11.9 Å². The third kappa shape index (κ3) is 5.09. The van der Waals surface area contributed by atoms with Gasteiger partial charge >= 0.3 is 6.18 Å². The number of aromatic nitrogens is 4. The summed E-state index contributed by atoms with van der Waals surface area (Å²) in [5, 5.41) is 13.2. The van der Waals surface area contributed by atoms with Crippen LogP contribution in [0.1, 0.15) is 55.7 Å². The van der Waals surface area contributed by atoms with E-state index in [9.17, 15) is 13.2 Å². The van der Waals surface area contributed by atoms with Gasteiger partial charge in [-0.25, -0.2) is 0 Å². The maximum Gasteiger partial charge on any atom is 0.435 e. The maximum absolute atomic E-state index is 13.9. The molecule has 0 aliphatic carbocycles. The first-order valence-electron chi connectivity index (χ1n) is 11.6. The van der Waals surface area contributed by atoms with Crippen molar-refractivity contribution in [3.63, 3.8) is 0 Å². The maximum atomic E-state index is 13.9. The summed E-state index contributed by atoms with van der Waals surface area (Å²) in [5.41, 5.74) is 0.805. The Bertz CT molecular complexity index is 1300. The fourth-order valence-electron chi connectivity index (χ4n) is 3.87. The van der Waals surface area contributed by atoms with Gasteiger partial charge in [0, 0.05) is 23.5 Å². The van der Waals surface area contributed by atoms with Crippen molar-refractivity contribution < 1.29 is 13.2 Å². The van der Waals surface area contributed by atoms with Crippen LogP contribution in [-0.2, 0) is 6.18 Å². The van der Waals surface area contributed by atoms with Crippen molar-refractivity contribution in [3.8, 4) is 11.4 Å². The second-order valence-electron chi connectivity index (χ2n) is 8.40. The summed E-state index contributed by atoms with van der Waals surface area (Å²) in [6, 6.07) is 11.3. The van der Waals surface area contributed by atoms with Crippen LogP contribution in [-0.4, -0.2) is 32.9 Å². The van der Waals surface area contributed by atoms with Crippen LogP contribution in [0.15, 0.2) is 36.4 Å². The molecule has 0 saturated heterocycles. The van der Waals surface area contributed by atoms with Gasteiger partial charge in [-0.15, -0.1) is 21.5 Å². The topological polar surface area (TPSA) is 46.3 Å². The largest absolute Gasteiger partial charge is 0.435 e. The van der Waals surface area contributed by atoms with Gasteiger partial charge in [0.15, 0.2) is 17.2 Å². The van der Waals surface area contributed by atoms with Crippen LogP contribution >= 0.6 is 11.3 Å². The molecule has 3 heterocycles. The number of alkyl halides is 3. The minimum atomic E-state index is -4.61. The Balaban J connectivity index is 1.79. The molecule has 9 heteroatoms. The molecule has 0 aliphatic rings. The van der Waals surface area contributed by atoms with Crippen molar-refractivity contribution in [1.29, 1.82) is 0 Å². The predicted octanol–water partition coefficient (Wildman–Crippen LogP) is 6.13. The van der Waals surface area contributed by atoms with Crippen molar-refractivity contribution in [2.24, 2.45) is 0 Å². The van der Waals surface area contributed by atoms with E-state index in [1.165, 1.54) is 21.9 Å². The van der Waals surface area contributed by atoms with E-state index >= 15 is 0 Å². The molecule has 0 fully saturated rings. The molecular weight excluding hydrogens is 459 g/mol. The molecule has 1 aromatic carbocycles. The number of anilines is 1. The van der Waals surface area contributed by atoms with Gasteiger partial charge < -0.3 is 4.90 Å². The van der Waals surface area contributed by atoms with E-state index in [2.05, 4.69) is 34.0 Å². The molecule has 0 amide bonds. The summed E-state index contributed by atoms with van der Waals surface area (Å²) in [5.74, 6) is 0.293. The fraction of sp³-hybridized carbons (Fsp3) is 0.400. The lowest BCUT2D eigenvalue weighted by atomic mass is 10.1. The van der Waals surface area contributed by atoms with E-state index in [-0.39, 0.29) is 10.9 Å². The average Bonchev–Trinajstić information content (AvgIpc) is 3.50. The SMILES string of the molecule is CCCCN(CCCC)c1ccc(C=c2c(C(F)(F)F)nn3c(-c4cccc(C)c4)nnc23)s1. The van der Waals surface area contributed by atoms with Crippen LogP contribution in [0.4, 0.5) is 18.2 Å². The molecule has 34 heavy (non-hydrogen) atoms. The molecule has 0 aliphatic heterocycles. The van der Waals surface area contributed by atoms with Gasteiger partial charge in [-0.1, -0.05) is 50.5 Å². The zero-order valence-corrected chi connectivity index (χ0v) is 20.4. The molecule has 0 saturated carbocycles. The zero-order chi connectivity index (χ0) is 24.3. The number of rotatable bonds is 9. The Morgan fingerprint density at radius 3 is 2.41 bits per heavy atom. The number of hydrogen-bond donors (Lipinski definition) is 0. The molecule has 0 N–H and O–H groups in total. The molecular formula is C25H28F3N5S. The summed E-state index contributed by atoms with van der Waals surface area (Å²) < 4.78 is 43.0. The molecule has 0 spiro atoms. The quantitative estimate of drug-likeness (QED) is 0.285. The van der Waals surface area contributed by atoms with Gasteiger partial charge in [-0.3, -0.25) is 0 Å². The highest BCUT2D eigenvalue weighted by atomic mass is 32.1. The highest BCUT2D eigenvalue weighted by molar-refractivity contribution is 7.16. The smallest absolute Gasteiger partial charge is 0.363 e. The second kappa shape index (κ2) is 10.1. The van der Waals surface area contributed by atoms with Gasteiger partial charge in [0.2, 0.25) is 0 Å². The first kappa shape index (κ1) is 24.2. The van der Waals surface area contributed by atoms with Crippen molar-refractivity contribution in [3.05, 3.63) is 57.8 Å². The van der Waals surface area contributed by atoms with Crippen LogP contribution in [0.5, 0.6) is 0 Å². The Morgan fingerprint density at radius 1 is 1.03 bits per heavy atom. The monoisotopic (exact) mass is 487 g/mol. The average molecular weight is 488 g/mol. The molecule has 4 rings (SSSR count). The number of thiophene rings is 1. The number of benzene rings is 1. The molecule has 4 aromatic rings. The van der Waals surface area contributed by atoms with Gasteiger partial charge in [0.25, 0.3) is 0 Å². The third-order valence-corrected chi connectivity index (χ3v) is 6.75. The molecule has 3 aromatic heterocycles. The second-order valence-corrected chi connectivity index (χ2v) is 9.50. The first-order valence-corrected chi connectivity index (χ1v) is 12.4. The van der Waals surface area contributed by atoms with E-state index in [1.807, 2.05) is 37.3 Å². The number of unbranched alkanes of at least 4 members (excludes halogenated alkanes) is 2. The number of fused-ring (bicyclic) bond motifs is 1. The van der Waals surface area contributed by atoms with Crippen LogP contribution < -0.4 is 10.1 Å². The van der Waals surface area contributed by atoms with Crippen molar-refractivity contribution >= 4 is 28.1 Å². The van der Waals surface area contributed by atoms with E-state index in [1.54, 1.807) is 6.07 Å². The first-order chi connectivity index (χ1) is 16.3. The molecule has 0 unspecified atom stereocenters. The molecule has 5 nitrogen and oxygen atoms in total. The minimum absolute atomic E-state index is 0.0547. The number of halogens is 3. The van der Waals surface area contributed by atoms with Gasteiger partial charge in [0.05, 0.1) is 10.2 Å². The molecule has 180 valence electrons. The summed E-state index contributed by atoms with van der Waals surface area (Å²) in [6.45, 7) is 8.11. The molecule has 0 atom stereocenters. The van der Waals surface area contributed by atoms with Gasteiger partial charge in [0.1, 0.15) is 0 Å². The van der Waals surface area contributed by atoms with E-state index in [0.29, 0.717) is 11.4 Å². The lowest BCUT2D eigenvalue weighted by Crippen LogP contribution is -2.24. The molecule has 0 radical (unpaired) electrons. The lowest BCUT2D eigenvalue weighted by Gasteiger charge is -2.22. The summed E-state index contributed by atoms with van der Waals surface area (Å²) >= 11 is 1.49. The number of aryl methyl sites for hydroxylation is 1. The van der Waals surface area contributed by atoms with Gasteiger partial charge in [-0.05, 0) is 44.0 Å².